The lowest BCUT2D eigenvalue weighted by Gasteiger charge is -2.33. The van der Waals surface area contributed by atoms with Gasteiger partial charge in [-0.05, 0) is 24.6 Å². The molecule has 1 amide bonds. The summed E-state index contributed by atoms with van der Waals surface area (Å²) in [6.07, 6.45) is -3.63. The first kappa shape index (κ1) is 17.6. The van der Waals surface area contributed by atoms with Gasteiger partial charge in [0.15, 0.2) is 17.7 Å². The first-order valence-electron chi connectivity index (χ1n) is 7.70. The summed E-state index contributed by atoms with van der Waals surface area (Å²) in [6, 6.07) is 8.61. The molecule has 0 spiro atoms. The number of nitrogens with zero attached hydrogens (tertiary/aromatic N) is 2. The predicted molar refractivity (Wildman–Crippen MR) is 88.2 cm³/mol. The molecule has 2 N–H and O–H groups in total. The molecule has 8 heteroatoms. The van der Waals surface area contributed by atoms with Crippen LogP contribution in [0.5, 0.6) is 5.75 Å². The quantitative estimate of drug-likeness (QED) is 0.848. The summed E-state index contributed by atoms with van der Waals surface area (Å²) in [5, 5.41) is 9.11. The standard InChI is InChI=1S/C18H14F3N3O2/c1-9-18(25)24(8-10-3-2-4-11(5-10)17(20)21)13-6-12(7-22)15(23)14(19)16(13)26-9/h2-6,9,17H,8,23H2,1H3/t9-/m1/s1. The van der Waals surface area contributed by atoms with E-state index < -0.39 is 24.3 Å². The van der Waals surface area contributed by atoms with E-state index in [-0.39, 0.29) is 34.8 Å². The summed E-state index contributed by atoms with van der Waals surface area (Å²) in [7, 11) is 0. The van der Waals surface area contributed by atoms with E-state index in [1.807, 2.05) is 0 Å². The fourth-order valence-electron chi connectivity index (χ4n) is 2.78. The first-order chi connectivity index (χ1) is 12.3. The number of fused-ring (bicyclic) bond motifs is 1. The minimum atomic E-state index is -2.65. The normalized spacial score (nSPS) is 16.2. The van der Waals surface area contributed by atoms with Crippen molar-refractivity contribution in [3.05, 3.63) is 52.8 Å². The second kappa shape index (κ2) is 6.59. The van der Waals surface area contributed by atoms with Gasteiger partial charge >= 0.3 is 0 Å². The Morgan fingerprint density at radius 3 is 2.77 bits per heavy atom. The van der Waals surface area contributed by atoms with Crippen molar-refractivity contribution in [1.82, 2.24) is 0 Å². The van der Waals surface area contributed by atoms with Crippen LogP contribution in [0.4, 0.5) is 24.5 Å². The molecule has 2 aromatic rings. The fourth-order valence-corrected chi connectivity index (χ4v) is 2.78. The molecule has 5 nitrogen and oxygen atoms in total. The number of anilines is 2. The van der Waals surface area contributed by atoms with Crippen molar-refractivity contribution in [2.45, 2.75) is 26.0 Å². The van der Waals surface area contributed by atoms with Crippen LogP contribution < -0.4 is 15.4 Å². The molecule has 1 heterocycles. The van der Waals surface area contributed by atoms with Crippen molar-refractivity contribution in [3.63, 3.8) is 0 Å². The van der Waals surface area contributed by atoms with Crippen molar-refractivity contribution in [1.29, 1.82) is 5.26 Å². The van der Waals surface area contributed by atoms with Gasteiger partial charge in [-0.2, -0.15) is 5.26 Å². The fraction of sp³-hybridized carbons (Fsp3) is 0.222. The van der Waals surface area contributed by atoms with Gasteiger partial charge in [0.25, 0.3) is 12.3 Å². The van der Waals surface area contributed by atoms with E-state index in [0.717, 1.165) is 0 Å². The van der Waals surface area contributed by atoms with Crippen LogP contribution in [0.15, 0.2) is 30.3 Å². The number of ether oxygens (including phenoxy) is 1. The van der Waals surface area contributed by atoms with E-state index in [1.165, 1.54) is 36.1 Å². The van der Waals surface area contributed by atoms with Gasteiger partial charge in [0, 0.05) is 5.56 Å². The molecular weight excluding hydrogens is 347 g/mol. The average Bonchev–Trinajstić information content (AvgIpc) is 2.62. The highest BCUT2D eigenvalue weighted by molar-refractivity contribution is 6.00. The van der Waals surface area contributed by atoms with E-state index in [1.54, 1.807) is 12.1 Å². The number of nitrogens with two attached hydrogens (primary N) is 1. The molecule has 0 aliphatic carbocycles. The van der Waals surface area contributed by atoms with E-state index in [4.69, 9.17) is 15.7 Å². The third kappa shape index (κ3) is 2.92. The molecule has 1 atom stereocenters. The maximum atomic E-state index is 14.5. The topological polar surface area (TPSA) is 79.3 Å². The number of nitrogen functional groups attached to an aromatic ring is 1. The van der Waals surface area contributed by atoms with Gasteiger partial charge in [-0.15, -0.1) is 0 Å². The summed E-state index contributed by atoms with van der Waals surface area (Å²) in [5.41, 5.74) is 5.37. The zero-order valence-electron chi connectivity index (χ0n) is 13.7. The minimum Gasteiger partial charge on any atom is -0.476 e. The van der Waals surface area contributed by atoms with Crippen molar-refractivity contribution in [2.75, 3.05) is 10.6 Å². The number of hydrogen-bond donors (Lipinski definition) is 1. The Bertz CT molecular complexity index is 925. The van der Waals surface area contributed by atoms with Crippen LogP contribution >= 0.6 is 0 Å². The Kier molecular flexibility index (Phi) is 4.47. The maximum absolute atomic E-state index is 14.5. The molecule has 0 aromatic heterocycles. The van der Waals surface area contributed by atoms with Gasteiger partial charge in [0.2, 0.25) is 0 Å². The number of hydrogen-bond acceptors (Lipinski definition) is 4. The number of rotatable bonds is 3. The van der Waals surface area contributed by atoms with Gasteiger partial charge in [0.1, 0.15) is 6.07 Å². The second-order valence-electron chi connectivity index (χ2n) is 5.84. The summed E-state index contributed by atoms with van der Waals surface area (Å²) < 4.78 is 45.6. The molecule has 0 fully saturated rings. The molecule has 0 saturated carbocycles. The number of alkyl halides is 2. The van der Waals surface area contributed by atoms with E-state index in [9.17, 15) is 18.0 Å². The maximum Gasteiger partial charge on any atom is 0.268 e. The first-order valence-corrected chi connectivity index (χ1v) is 7.70. The van der Waals surface area contributed by atoms with Crippen LogP contribution in [0.1, 0.15) is 30.0 Å². The van der Waals surface area contributed by atoms with Crippen LogP contribution in [0, 0.1) is 17.1 Å². The smallest absolute Gasteiger partial charge is 0.268 e. The zero-order chi connectivity index (χ0) is 19.0. The van der Waals surface area contributed by atoms with E-state index in [2.05, 4.69) is 0 Å². The van der Waals surface area contributed by atoms with Crippen molar-refractivity contribution in [2.24, 2.45) is 0 Å². The Morgan fingerprint density at radius 1 is 1.38 bits per heavy atom. The Hall–Kier alpha value is -3.21. The van der Waals surface area contributed by atoms with Gasteiger partial charge in [-0.3, -0.25) is 4.79 Å². The number of amides is 1. The Morgan fingerprint density at radius 2 is 2.12 bits per heavy atom. The van der Waals surface area contributed by atoms with Crippen molar-refractivity contribution >= 4 is 17.3 Å². The number of halogens is 3. The van der Waals surface area contributed by atoms with Crippen LogP contribution in [0.2, 0.25) is 0 Å². The lowest BCUT2D eigenvalue weighted by atomic mass is 10.1. The molecule has 0 saturated heterocycles. The monoisotopic (exact) mass is 361 g/mol. The molecule has 26 heavy (non-hydrogen) atoms. The molecule has 1 aliphatic rings. The van der Waals surface area contributed by atoms with Crippen LogP contribution in [-0.2, 0) is 11.3 Å². The molecule has 0 unspecified atom stereocenters. The third-order valence-electron chi connectivity index (χ3n) is 4.10. The Labute approximate surface area is 147 Å². The highest BCUT2D eigenvalue weighted by Crippen LogP contribution is 2.41. The largest absolute Gasteiger partial charge is 0.476 e. The van der Waals surface area contributed by atoms with Crippen LogP contribution in [-0.4, -0.2) is 12.0 Å². The Balaban J connectivity index is 2.08. The lowest BCUT2D eigenvalue weighted by molar-refractivity contribution is -0.125. The molecule has 134 valence electrons. The molecular formula is C18H14F3N3O2. The van der Waals surface area contributed by atoms with Crippen molar-refractivity contribution < 1.29 is 22.7 Å². The van der Waals surface area contributed by atoms with Crippen LogP contribution in [0.25, 0.3) is 0 Å². The van der Waals surface area contributed by atoms with Crippen molar-refractivity contribution in [3.8, 4) is 11.8 Å². The summed E-state index contributed by atoms with van der Waals surface area (Å²) in [4.78, 5) is 13.7. The second-order valence-corrected chi connectivity index (χ2v) is 5.84. The average molecular weight is 361 g/mol. The molecule has 0 radical (unpaired) electrons. The number of nitriles is 1. The lowest BCUT2D eigenvalue weighted by Crippen LogP contribution is -2.44. The van der Waals surface area contributed by atoms with Gasteiger partial charge < -0.3 is 15.4 Å². The zero-order valence-corrected chi connectivity index (χ0v) is 13.7. The highest BCUT2D eigenvalue weighted by atomic mass is 19.3. The number of carbonyl (C=O) groups is 1. The SMILES string of the molecule is C[C@H]1Oc2c(cc(C#N)c(N)c2F)N(Cc2cccc(C(F)F)c2)C1=O. The number of carbonyl (C=O) groups excluding carboxylic acids is 1. The summed E-state index contributed by atoms with van der Waals surface area (Å²) in [6.45, 7) is 1.37. The molecule has 3 rings (SSSR count). The molecule has 0 bridgehead atoms. The molecule has 1 aliphatic heterocycles. The number of benzene rings is 2. The van der Waals surface area contributed by atoms with E-state index in [0.29, 0.717) is 5.56 Å². The minimum absolute atomic E-state index is 0.0406. The predicted octanol–water partition coefficient (Wildman–Crippen LogP) is 3.53. The third-order valence-corrected chi connectivity index (χ3v) is 4.10. The van der Waals surface area contributed by atoms with Gasteiger partial charge in [0.05, 0.1) is 23.5 Å². The summed E-state index contributed by atoms with van der Waals surface area (Å²) >= 11 is 0. The summed E-state index contributed by atoms with van der Waals surface area (Å²) in [5.74, 6) is -1.64. The van der Waals surface area contributed by atoms with Gasteiger partial charge in [-0.25, -0.2) is 13.2 Å². The van der Waals surface area contributed by atoms with E-state index >= 15 is 0 Å². The van der Waals surface area contributed by atoms with Crippen LogP contribution in [0.3, 0.4) is 0 Å². The molecule has 2 aromatic carbocycles. The highest BCUT2D eigenvalue weighted by Gasteiger charge is 2.35. The van der Waals surface area contributed by atoms with Gasteiger partial charge in [-0.1, -0.05) is 18.2 Å².